The molecule has 0 radical (unpaired) electrons. The molecule has 4 N–H and O–H groups in total. The van der Waals surface area contributed by atoms with Gasteiger partial charge in [-0.1, -0.05) is 45.2 Å². The average molecular weight is 1250 g/mol. The molecule has 19 nitrogen and oxygen atoms in total. The SMILES string of the molecule is CC.Cc1noc(C)c1-c1cc(-c2c(C)noc2C)c(N)c([N+](=O)[O-])c1.Cc1noc(C)c1B1OC(C)(C)C(C)(C)O1.Nc1c(I)cc(Br)cc1[N+](=O)[O-].O=CO[O-].[Cs+].[Cs+].[H-]. The fraction of sp³-hybridized carbons (Fsp3) is 0.389. The van der Waals surface area contributed by atoms with Gasteiger partial charge in [-0.2, -0.15) is 0 Å². The van der Waals surface area contributed by atoms with Gasteiger partial charge in [0, 0.05) is 42.3 Å². The Bertz CT molecular complexity index is 2190. The Labute approximate surface area is 488 Å². The molecule has 24 heteroatoms. The van der Waals surface area contributed by atoms with Crippen LogP contribution in [0.3, 0.4) is 0 Å². The second-order valence-electron chi connectivity index (χ2n) is 13.2. The quantitative estimate of drug-likeness (QED) is 0.0463. The van der Waals surface area contributed by atoms with Crippen LogP contribution >= 0.6 is 38.5 Å². The maximum absolute atomic E-state index is 11.5. The Morgan fingerprint density at radius 2 is 1.18 bits per heavy atom. The van der Waals surface area contributed by atoms with E-state index < -0.39 is 9.85 Å². The summed E-state index contributed by atoms with van der Waals surface area (Å²) in [6.07, 6.45) is 0. The fourth-order valence-electron chi connectivity index (χ4n) is 5.41. The summed E-state index contributed by atoms with van der Waals surface area (Å²) in [6, 6.07) is 6.32. The standard InChI is InChI=1S/C16H16N4O4.C11H18BNO3.C6H4BrIN2O2.C2H6.CH2O3.2Cs.H/c1-7-14(9(3)23-18-7)11-5-12(15-8(2)19-24-10(15)4)16(17)13(6-11)20(21)22;1-7-9(8(2)14-13-7)12-15-10(3,4)11(5,6)16-12;7-3-1-4(8)6(9)5(2-3)10(11)12;1-2;2-1-4-3;;;/h5-6H,17H2,1-4H3;1-6H3;1-2H,9H2;1-2H3;1,3H;;;/q;;;;;2*+1;-1/p-1. The Balaban J connectivity index is 0. The Morgan fingerprint density at radius 1 is 0.767 bits per heavy atom. The third-order valence-corrected chi connectivity index (χ3v) is 10.2. The van der Waals surface area contributed by atoms with Gasteiger partial charge in [-0.15, -0.1) is 0 Å². The zero-order valence-corrected chi connectivity index (χ0v) is 52.3. The smallest absolute Gasteiger partial charge is 1.00 e. The van der Waals surface area contributed by atoms with E-state index in [0.29, 0.717) is 53.2 Å². The van der Waals surface area contributed by atoms with E-state index >= 15 is 0 Å². The molecule has 5 aromatic rings. The minimum atomic E-state index is -0.501. The first kappa shape index (κ1) is 59.2. The van der Waals surface area contributed by atoms with E-state index in [1.165, 1.54) is 12.1 Å². The molecule has 0 aliphatic carbocycles. The summed E-state index contributed by atoms with van der Waals surface area (Å²) in [5, 5.41) is 42.0. The molecule has 0 spiro atoms. The number of hydrogen-bond acceptors (Lipinski definition) is 17. The van der Waals surface area contributed by atoms with Gasteiger partial charge in [-0.05, 0) is 110 Å². The van der Waals surface area contributed by atoms with Crippen LogP contribution in [0.25, 0.3) is 22.3 Å². The maximum atomic E-state index is 11.5. The van der Waals surface area contributed by atoms with Gasteiger partial charge >= 0.3 is 145 Å². The molecular weight excluding hydrogens is 1210 g/mol. The number of rotatable bonds is 6. The first-order valence-corrected chi connectivity index (χ1v) is 19.2. The zero-order valence-electron chi connectivity index (χ0n) is 37.0. The Kier molecular flexibility index (Phi) is 25.9. The monoisotopic (exact) mass is 1250 g/mol. The van der Waals surface area contributed by atoms with Crippen molar-refractivity contribution in [3.63, 3.8) is 0 Å². The number of nitrogen functional groups attached to an aromatic ring is 2. The second-order valence-corrected chi connectivity index (χ2v) is 15.3. The first-order valence-electron chi connectivity index (χ1n) is 17.3. The fourth-order valence-corrected chi connectivity index (χ4v) is 6.90. The molecule has 0 bridgehead atoms. The van der Waals surface area contributed by atoms with Gasteiger partial charge in [0.05, 0.1) is 38.1 Å². The van der Waals surface area contributed by atoms with Crippen molar-refractivity contribution < 1.29 is 187 Å². The molecule has 1 aliphatic rings. The molecule has 0 atom stereocenters. The molecule has 0 unspecified atom stereocenters. The van der Waals surface area contributed by atoms with Gasteiger partial charge in [0.15, 0.2) is 0 Å². The number of carbonyl (C=O) groups is 1. The van der Waals surface area contributed by atoms with E-state index in [1.54, 1.807) is 39.8 Å². The van der Waals surface area contributed by atoms with Crippen molar-refractivity contribution in [3.8, 4) is 22.3 Å². The van der Waals surface area contributed by atoms with Crippen LogP contribution in [0.2, 0.25) is 0 Å². The van der Waals surface area contributed by atoms with Crippen molar-refractivity contribution in [2.24, 2.45) is 0 Å². The van der Waals surface area contributed by atoms with Crippen molar-refractivity contribution in [1.82, 2.24) is 15.5 Å². The summed E-state index contributed by atoms with van der Waals surface area (Å²) in [5.74, 6) is 1.89. The number of aryl methyl sites for hydroxylation is 6. The van der Waals surface area contributed by atoms with Crippen molar-refractivity contribution in [2.75, 3.05) is 11.5 Å². The summed E-state index contributed by atoms with van der Waals surface area (Å²) < 4.78 is 28.7. The van der Waals surface area contributed by atoms with Gasteiger partial charge < -0.3 is 45.9 Å². The number of nitrogens with zero attached hydrogens (tertiary/aromatic N) is 5. The van der Waals surface area contributed by atoms with Gasteiger partial charge in [0.2, 0.25) is 0 Å². The van der Waals surface area contributed by atoms with Gasteiger partial charge in [-0.3, -0.25) is 25.0 Å². The van der Waals surface area contributed by atoms with Crippen LogP contribution in [0.5, 0.6) is 0 Å². The van der Waals surface area contributed by atoms with Crippen molar-refractivity contribution in [3.05, 3.63) is 86.9 Å². The van der Waals surface area contributed by atoms with Crippen LogP contribution in [0.1, 0.15) is 77.3 Å². The van der Waals surface area contributed by atoms with Gasteiger partial charge in [-0.25, -0.2) is 0 Å². The van der Waals surface area contributed by atoms with E-state index in [9.17, 15) is 20.2 Å². The summed E-state index contributed by atoms with van der Waals surface area (Å²) in [5.41, 5.74) is 16.4. The van der Waals surface area contributed by atoms with Gasteiger partial charge in [0.1, 0.15) is 28.7 Å². The van der Waals surface area contributed by atoms with Crippen LogP contribution in [0, 0.1) is 65.3 Å². The predicted molar refractivity (Wildman–Crippen MR) is 227 cm³/mol. The minimum Gasteiger partial charge on any atom is -1.00 e. The molecule has 1 fully saturated rings. The van der Waals surface area contributed by atoms with Crippen LogP contribution in [0.4, 0.5) is 22.7 Å². The number of halogens is 2. The number of carbonyl (C=O) groups excluding carboxylic acids is 1. The summed E-state index contributed by atoms with van der Waals surface area (Å²) in [6.45, 7) is 22.8. The van der Waals surface area contributed by atoms with E-state index in [0.717, 1.165) is 16.9 Å². The van der Waals surface area contributed by atoms with E-state index in [2.05, 4.69) is 36.3 Å². The predicted octanol–water partition coefficient (Wildman–Crippen LogP) is 1.44. The third kappa shape index (κ3) is 14.9. The van der Waals surface area contributed by atoms with Crippen LogP contribution < -0.4 is 160 Å². The van der Waals surface area contributed by atoms with Crippen molar-refractivity contribution in [2.45, 2.75) is 94.3 Å². The summed E-state index contributed by atoms with van der Waals surface area (Å²) >= 11 is 5.10. The molecule has 3 aromatic heterocycles. The number of nitro groups is 2. The van der Waals surface area contributed by atoms with Crippen molar-refractivity contribution in [1.29, 1.82) is 0 Å². The molecule has 60 heavy (non-hydrogen) atoms. The first-order chi connectivity index (χ1) is 27.0. The average Bonchev–Trinajstić information content (AvgIpc) is 3.85. The molecule has 6 rings (SSSR count). The molecule has 0 amide bonds. The third-order valence-electron chi connectivity index (χ3n) is 8.87. The molecule has 1 saturated heterocycles. The van der Waals surface area contributed by atoms with E-state index in [-0.39, 0.29) is 187 Å². The van der Waals surface area contributed by atoms with E-state index in [1.807, 2.05) is 78.0 Å². The maximum Gasteiger partial charge on any atom is 1.00 e. The van der Waals surface area contributed by atoms with Crippen LogP contribution in [-0.2, 0) is 19.0 Å². The Morgan fingerprint density at radius 3 is 1.57 bits per heavy atom. The van der Waals surface area contributed by atoms with Crippen LogP contribution in [0.15, 0.2) is 42.3 Å². The molecule has 0 saturated carbocycles. The molecule has 1 aliphatic heterocycles. The zero-order chi connectivity index (χ0) is 44.4. The number of nitrogens with two attached hydrogens (primary N) is 2. The van der Waals surface area contributed by atoms with Gasteiger partial charge in [0.25, 0.3) is 17.8 Å². The topological polar surface area (TPSA) is 284 Å². The van der Waals surface area contributed by atoms with E-state index in [4.69, 9.17) is 44.4 Å². The molecular formula is C36H46BBrCs2IN7O12. The number of anilines is 2. The second kappa shape index (κ2) is 26.2. The molecule has 4 heterocycles. The number of hydrogen-bond donors (Lipinski definition) is 2. The molecule has 2 aromatic carbocycles. The molecule has 316 valence electrons. The van der Waals surface area contributed by atoms with Crippen molar-refractivity contribution >= 4 is 80.3 Å². The number of benzene rings is 2. The summed E-state index contributed by atoms with van der Waals surface area (Å²) in [7, 11) is -0.378. The Hall–Kier alpha value is -0.801. The van der Waals surface area contributed by atoms with Crippen LogP contribution in [-0.4, -0.2) is 50.1 Å². The number of nitro benzene ring substituents is 2. The number of aromatic nitrogens is 3. The summed E-state index contributed by atoms with van der Waals surface area (Å²) in [4.78, 5) is 32.1. The normalized spacial score (nSPS) is 12.9. The minimum absolute atomic E-state index is 0. The largest absolute Gasteiger partial charge is 1.00 e.